The maximum Gasteiger partial charge on any atom is 0.233 e. The van der Waals surface area contributed by atoms with E-state index in [1.165, 1.54) is 11.3 Å². The first-order chi connectivity index (χ1) is 8.81. The summed E-state index contributed by atoms with van der Waals surface area (Å²) >= 11 is 1.43. The fourth-order valence-electron chi connectivity index (χ4n) is 1.49. The topological polar surface area (TPSA) is 96.5 Å². The van der Waals surface area contributed by atoms with E-state index < -0.39 is 0 Å². The Hall–Kier alpha value is -2.35. The molecule has 0 fully saturated rings. The number of nitrogens with one attached hydrogen (secondary N) is 2. The summed E-state index contributed by atoms with van der Waals surface area (Å²) in [6.07, 6.45) is 0.0758. The Bertz CT molecular complexity index is 644. The van der Waals surface area contributed by atoms with Gasteiger partial charge in [-0.25, -0.2) is 4.98 Å². The Morgan fingerprint density at radius 3 is 3.06 bits per heavy atom. The molecule has 0 atom stereocenters. The van der Waals surface area contributed by atoms with Crippen molar-refractivity contribution < 1.29 is 4.79 Å². The second kappa shape index (κ2) is 4.49. The molecule has 8 heteroatoms. The molecule has 3 aromatic rings. The summed E-state index contributed by atoms with van der Waals surface area (Å²) in [5.41, 5.74) is 0.873. The number of carbonyl (C=O) groups excluding carboxylic acids is 1. The first-order valence-electron chi connectivity index (χ1n) is 5.19. The van der Waals surface area contributed by atoms with Gasteiger partial charge in [0.15, 0.2) is 11.0 Å². The van der Waals surface area contributed by atoms with Crippen molar-refractivity contribution in [3.05, 3.63) is 30.1 Å². The number of para-hydroxylation sites is 1. The fraction of sp³-hybridized carbons (Fsp3) is 0.100. The van der Waals surface area contributed by atoms with E-state index in [9.17, 15) is 4.79 Å². The quantitative estimate of drug-likeness (QED) is 0.732. The van der Waals surface area contributed by atoms with Crippen molar-refractivity contribution in [1.29, 1.82) is 0 Å². The SMILES string of the molecule is O=C(Cc1nn[nH]n1)Nc1nc2ccccc2s1. The number of rotatable bonds is 3. The number of fused-ring (bicyclic) bond motifs is 1. The molecule has 0 aliphatic rings. The lowest BCUT2D eigenvalue weighted by atomic mass is 10.3. The number of H-pyrrole nitrogens is 1. The van der Waals surface area contributed by atoms with Crippen LogP contribution in [0.1, 0.15) is 5.82 Å². The van der Waals surface area contributed by atoms with Crippen molar-refractivity contribution in [2.24, 2.45) is 0 Å². The lowest BCUT2D eigenvalue weighted by molar-refractivity contribution is -0.115. The standard InChI is InChI=1S/C10H8N6OS/c17-9(5-8-13-15-16-14-8)12-10-11-6-3-1-2-4-7(6)18-10/h1-4H,5H2,(H,11,12,17)(H,13,14,15,16). The molecule has 2 aromatic heterocycles. The number of hydrogen-bond acceptors (Lipinski definition) is 6. The van der Waals surface area contributed by atoms with Crippen LogP contribution >= 0.6 is 11.3 Å². The predicted molar refractivity (Wildman–Crippen MR) is 66.1 cm³/mol. The molecule has 0 saturated carbocycles. The van der Waals surface area contributed by atoms with Crippen LogP contribution in [-0.4, -0.2) is 31.5 Å². The summed E-state index contributed by atoms with van der Waals surface area (Å²) in [6, 6.07) is 7.71. The van der Waals surface area contributed by atoms with Crippen molar-refractivity contribution in [2.75, 3.05) is 5.32 Å². The number of anilines is 1. The van der Waals surface area contributed by atoms with Crippen LogP contribution in [0, 0.1) is 0 Å². The molecular formula is C10H8N6OS. The van der Waals surface area contributed by atoms with E-state index in [2.05, 4.69) is 30.9 Å². The monoisotopic (exact) mass is 260 g/mol. The minimum atomic E-state index is -0.213. The molecule has 7 nitrogen and oxygen atoms in total. The second-order valence-corrected chi connectivity index (χ2v) is 4.57. The van der Waals surface area contributed by atoms with Crippen LogP contribution < -0.4 is 5.32 Å². The van der Waals surface area contributed by atoms with Gasteiger partial charge in [0.1, 0.15) is 0 Å². The number of hydrogen-bond donors (Lipinski definition) is 2. The van der Waals surface area contributed by atoms with Gasteiger partial charge in [-0.05, 0) is 12.1 Å². The molecule has 0 aliphatic carbocycles. The lowest BCUT2D eigenvalue weighted by Crippen LogP contribution is -2.15. The number of nitrogens with zero attached hydrogens (tertiary/aromatic N) is 4. The average Bonchev–Trinajstić information content (AvgIpc) is 2.96. The van der Waals surface area contributed by atoms with Crippen molar-refractivity contribution in [3.8, 4) is 0 Å². The molecule has 0 saturated heterocycles. The molecule has 90 valence electrons. The van der Waals surface area contributed by atoms with Crippen LogP contribution in [0.15, 0.2) is 24.3 Å². The van der Waals surface area contributed by atoms with Crippen molar-refractivity contribution in [1.82, 2.24) is 25.6 Å². The van der Waals surface area contributed by atoms with Crippen LogP contribution in [-0.2, 0) is 11.2 Å². The van der Waals surface area contributed by atoms with E-state index in [1.807, 2.05) is 24.3 Å². The average molecular weight is 260 g/mol. The predicted octanol–water partition coefficient (Wildman–Crippen LogP) is 0.991. The molecule has 0 spiro atoms. The first kappa shape index (κ1) is 10.8. The highest BCUT2D eigenvalue weighted by Crippen LogP contribution is 2.25. The number of amides is 1. The van der Waals surface area contributed by atoms with Gasteiger partial charge >= 0.3 is 0 Å². The van der Waals surface area contributed by atoms with Crippen molar-refractivity contribution >= 4 is 32.6 Å². The van der Waals surface area contributed by atoms with E-state index in [0.29, 0.717) is 11.0 Å². The Kier molecular flexibility index (Phi) is 2.69. The molecule has 0 radical (unpaired) electrons. The molecule has 2 N–H and O–H groups in total. The highest BCUT2D eigenvalue weighted by atomic mass is 32.1. The third kappa shape index (κ3) is 2.18. The van der Waals surface area contributed by atoms with Gasteiger partial charge in [-0.2, -0.15) is 5.21 Å². The number of thiazole rings is 1. The zero-order chi connectivity index (χ0) is 12.4. The highest BCUT2D eigenvalue weighted by molar-refractivity contribution is 7.22. The fourth-order valence-corrected chi connectivity index (χ4v) is 2.37. The molecule has 2 heterocycles. The maximum absolute atomic E-state index is 11.7. The van der Waals surface area contributed by atoms with E-state index in [4.69, 9.17) is 0 Å². The first-order valence-corrected chi connectivity index (χ1v) is 6.00. The molecule has 1 aromatic carbocycles. The van der Waals surface area contributed by atoms with Crippen LogP contribution in [0.2, 0.25) is 0 Å². The van der Waals surface area contributed by atoms with Crippen LogP contribution in [0.4, 0.5) is 5.13 Å². The summed E-state index contributed by atoms with van der Waals surface area (Å²) in [5.74, 6) is 0.143. The van der Waals surface area contributed by atoms with E-state index in [-0.39, 0.29) is 12.3 Å². The van der Waals surface area contributed by atoms with Crippen LogP contribution in [0.5, 0.6) is 0 Å². The van der Waals surface area contributed by atoms with Crippen LogP contribution in [0.25, 0.3) is 10.2 Å². The lowest BCUT2D eigenvalue weighted by Gasteiger charge is -1.96. The Morgan fingerprint density at radius 1 is 1.39 bits per heavy atom. The molecule has 0 bridgehead atoms. The van der Waals surface area contributed by atoms with Gasteiger partial charge in [0.2, 0.25) is 5.91 Å². The van der Waals surface area contributed by atoms with Gasteiger partial charge in [0.25, 0.3) is 0 Å². The minimum absolute atomic E-state index is 0.0758. The van der Waals surface area contributed by atoms with Gasteiger partial charge in [0.05, 0.1) is 16.6 Å². The maximum atomic E-state index is 11.7. The molecule has 0 aliphatic heterocycles. The summed E-state index contributed by atoms with van der Waals surface area (Å²) in [6.45, 7) is 0. The Morgan fingerprint density at radius 2 is 2.28 bits per heavy atom. The number of carbonyl (C=O) groups is 1. The largest absolute Gasteiger partial charge is 0.302 e. The van der Waals surface area contributed by atoms with Gasteiger partial charge in [-0.15, -0.1) is 10.2 Å². The van der Waals surface area contributed by atoms with E-state index in [0.717, 1.165) is 10.2 Å². The number of aromatic amines is 1. The van der Waals surface area contributed by atoms with Gasteiger partial charge in [0, 0.05) is 0 Å². The summed E-state index contributed by atoms with van der Waals surface area (Å²) < 4.78 is 1.03. The molecule has 0 unspecified atom stereocenters. The number of tetrazole rings is 1. The van der Waals surface area contributed by atoms with Gasteiger partial charge in [-0.1, -0.05) is 28.7 Å². The van der Waals surface area contributed by atoms with Crippen molar-refractivity contribution in [2.45, 2.75) is 6.42 Å². The van der Waals surface area contributed by atoms with Crippen LogP contribution in [0.3, 0.4) is 0 Å². The summed E-state index contributed by atoms with van der Waals surface area (Å²) in [7, 11) is 0. The van der Waals surface area contributed by atoms with Gasteiger partial charge < -0.3 is 5.32 Å². The van der Waals surface area contributed by atoms with Gasteiger partial charge in [-0.3, -0.25) is 4.79 Å². The summed E-state index contributed by atoms with van der Waals surface area (Å²) in [5, 5.41) is 16.4. The van der Waals surface area contributed by atoms with E-state index >= 15 is 0 Å². The molecule has 1 amide bonds. The van der Waals surface area contributed by atoms with Crippen molar-refractivity contribution in [3.63, 3.8) is 0 Å². The third-order valence-corrected chi connectivity index (χ3v) is 3.20. The molecule has 3 rings (SSSR count). The Balaban J connectivity index is 1.74. The normalized spacial score (nSPS) is 10.7. The highest BCUT2D eigenvalue weighted by Gasteiger charge is 2.10. The third-order valence-electron chi connectivity index (χ3n) is 2.25. The molecule has 18 heavy (non-hydrogen) atoms. The second-order valence-electron chi connectivity index (χ2n) is 3.54. The summed E-state index contributed by atoms with van der Waals surface area (Å²) in [4.78, 5) is 16.0. The number of aromatic nitrogens is 5. The number of benzene rings is 1. The zero-order valence-corrected chi connectivity index (χ0v) is 9.94. The molecular weight excluding hydrogens is 252 g/mol. The zero-order valence-electron chi connectivity index (χ0n) is 9.12. The minimum Gasteiger partial charge on any atom is -0.302 e. The van der Waals surface area contributed by atoms with E-state index in [1.54, 1.807) is 0 Å². The smallest absolute Gasteiger partial charge is 0.233 e. The Labute approximate surface area is 105 Å².